The minimum atomic E-state index is 0. The maximum atomic E-state index is 4.72. The smallest absolute Gasteiger partial charge is 0.191 e. The van der Waals surface area contributed by atoms with Crippen LogP contribution in [0.1, 0.15) is 42.6 Å². The molecule has 7 heteroatoms. The van der Waals surface area contributed by atoms with Gasteiger partial charge in [0.1, 0.15) is 5.01 Å². The molecule has 0 bridgehead atoms. The Hall–Kier alpha value is -1.61. The second-order valence-corrected chi connectivity index (χ2v) is 8.73. The minimum absolute atomic E-state index is 0. The molecule has 2 heterocycles. The van der Waals surface area contributed by atoms with Crippen LogP contribution < -0.4 is 10.6 Å². The molecule has 0 saturated heterocycles. The summed E-state index contributed by atoms with van der Waals surface area (Å²) in [6.07, 6.45) is 3.05. The average molecular weight is 511 g/mol. The molecule has 0 aliphatic carbocycles. The van der Waals surface area contributed by atoms with Crippen LogP contribution in [0.25, 0.3) is 10.9 Å². The van der Waals surface area contributed by atoms with Crippen LogP contribution in [0.15, 0.2) is 34.8 Å². The number of halogens is 1. The largest absolute Gasteiger partial charge is 0.361 e. The molecular formula is C21H30IN5S. The summed E-state index contributed by atoms with van der Waals surface area (Å²) in [5.74, 6) is 0.805. The van der Waals surface area contributed by atoms with E-state index in [0.29, 0.717) is 6.54 Å². The van der Waals surface area contributed by atoms with Gasteiger partial charge in [0.2, 0.25) is 0 Å². The number of benzene rings is 1. The Morgan fingerprint density at radius 3 is 2.71 bits per heavy atom. The molecular weight excluding hydrogens is 481 g/mol. The first kappa shape index (κ1) is 22.7. The van der Waals surface area contributed by atoms with Crippen LogP contribution in [0, 0.1) is 6.92 Å². The lowest BCUT2D eigenvalue weighted by molar-refractivity contribution is 0.570. The first-order chi connectivity index (χ1) is 12.9. The molecule has 0 radical (unpaired) electrons. The Labute approximate surface area is 188 Å². The van der Waals surface area contributed by atoms with Gasteiger partial charge in [0.15, 0.2) is 5.96 Å². The van der Waals surface area contributed by atoms with Crippen molar-refractivity contribution in [3.63, 3.8) is 0 Å². The van der Waals surface area contributed by atoms with Gasteiger partial charge < -0.3 is 15.6 Å². The van der Waals surface area contributed by atoms with E-state index >= 15 is 0 Å². The van der Waals surface area contributed by atoms with Crippen LogP contribution in [0.2, 0.25) is 0 Å². The lowest BCUT2D eigenvalue weighted by atomic mass is 9.93. The van der Waals surface area contributed by atoms with E-state index in [0.717, 1.165) is 29.6 Å². The summed E-state index contributed by atoms with van der Waals surface area (Å²) in [7, 11) is 1.80. The van der Waals surface area contributed by atoms with E-state index in [4.69, 9.17) is 4.98 Å². The molecule has 3 N–H and O–H groups in total. The van der Waals surface area contributed by atoms with Crippen LogP contribution in [0.5, 0.6) is 0 Å². The number of hydrogen-bond donors (Lipinski definition) is 3. The highest BCUT2D eigenvalue weighted by molar-refractivity contribution is 14.0. The van der Waals surface area contributed by atoms with E-state index < -0.39 is 0 Å². The van der Waals surface area contributed by atoms with Gasteiger partial charge >= 0.3 is 0 Å². The highest BCUT2D eigenvalue weighted by Gasteiger charge is 2.17. The average Bonchev–Trinajstić information content (AvgIpc) is 3.25. The second kappa shape index (κ2) is 9.73. The highest BCUT2D eigenvalue weighted by Crippen LogP contribution is 2.24. The van der Waals surface area contributed by atoms with Crippen LogP contribution in [0.3, 0.4) is 0 Å². The van der Waals surface area contributed by atoms with Gasteiger partial charge in [-0.1, -0.05) is 32.9 Å². The normalized spacial score (nSPS) is 12.1. The van der Waals surface area contributed by atoms with Crippen molar-refractivity contribution in [2.75, 3.05) is 13.6 Å². The molecule has 3 rings (SSSR count). The van der Waals surface area contributed by atoms with Gasteiger partial charge in [0, 0.05) is 41.5 Å². The summed E-state index contributed by atoms with van der Waals surface area (Å²) in [6.45, 7) is 10.2. The number of thiazole rings is 1. The van der Waals surface area contributed by atoms with E-state index in [-0.39, 0.29) is 29.4 Å². The topological polar surface area (TPSA) is 65.1 Å². The summed E-state index contributed by atoms with van der Waals surface area (Å²) >= 11 is 1.69. The van der Waals surface area contributed by atoms with Crippen LogP contribution >= 0.6 is 35.3 Å². The number of rotatable bonds is 5. The predicted molar refractivity (Wildman–Crippen MR) is 131 cm³/mol. The molecule has 5 nitrogen and oxygen atoms in total. The van der Waals surface area contributed by atoms with Gasteiger partial charge in [-0.25, -0.2) is 4.98 Å². The number of guanidine groups is 1. The molecule has 0 fully saturated rings. The molecule has 28 heavy (non-hydrogen) atoms. The molecule has 0 spiro atoms. The molecule has 152 valence electrons. The minimum Gasteiger partial charge on any atom is -0.361 e. The van der Waals surface area contributed by atoms with Crippen molar-refractivity contribution in [2.24, 2.45) is 4.99 Å². The number of H-pyrrole nitrogens is 1. The number of aromatic nitrogens is 2. The fourth-order valence-electron chi connectivity index (χ4n) is 3.08. The predicted octanol–water partition coefficient (Wildman–Crippen LogP) is 4.76. The number of nitrogens with one attached hydrogen (secondary N) is 3. The Morgan fingerprint density at radius 2 is 2.04 bits per heavy atom. The lowest BCUT2D eigenvalue weighted by Crippen LogP contribution is -2.37. The Balaban J connectivity index is 0.00000280. The second-order valence-electron chi connectivity index (χ2n) is 7.79. The van der Waals surface area contributed by atoms with Crippen molar-refractivity contribution >= 4 is 52.2 Å². The van der Waals surface area contributed by atoms with E-state index in [1.54, 1.807) is 18.4 Å². The first-order valence-corrected chi connectivity index (χ1v) is 10.2. The van der Waals surface area contributed by atoms with Crippen molar-refractivity contribution < 1.29 is 0 Å². The molecule has 2 aromatic heterocycles. The zero-order valence-electron chi connectivity index (χ0n) is 17.2. The van der Waals surface area contributed by atoms with Gasteiger partial charge in [-0.3, -0.25) is 4.99 Å². The number of aromatic amines is 1. The molecule has 3 aromatic rings. The lowest BCUT2D eigenvalue weighted by Gasteiger charge is -2.14. The summed E-state index contributed by atoms with van der Waals surface area (Å²) in [5.41, 5.74) is 5.07. The number of hydrogen-bond acceptors (Lipinski definition) is 3. The summed E-state index contributed by atoms with van der Waals surface area (Å²) in [4.78, 5) is 12.4. The molecule has 1 aromatic carbocycles. The number of nitrogens with zero attached hydrogens (tertiary/aromatic N) is 2. The SMILES string of the molecule is CN=C(NCCc1c[nH]c2cccc(C)c12)NCc1nc(C(C)(C)C)cs1.I. The zero-order chi connectivity index (χ0) is 19.4. The molecule has 0 saturated carbocycles. The van der Waals surface area contributed by atoms with Gasteiger partial charge in [-0.2, -0.15) is 0 Å². The van der Waals surface area contributed by atoms with Crippen LogP contribution in [-0.4, -0.2) is 29.5 Å². The zero-order valence-corrected chi connectivity index (χ0v) is 20.4. The maximum absolute atomic E-state index is 4.72. The van der Waals surface area contributed by atoms with Crippen LogP contribution in [-0.2, 0) is 18.4 Å². The van der Waals surface area contributed by atoms with Crippen molar-refractivity contribution in [2.45, 2.75) is 46.1 Å². The third-order valence-electron chi connectivity index (χ3n) is 4.63. The maximum Gasteiger partial charge on any atom is 0.191 e. The number of aliphatic imine (C=N–C) groups is 1. The number of aryl methyl sites for hydroxylation is 1. The Bertz CT molecular complexity index is 936. The van der Waals surface area contributed by atoms with E-state index in [9.17, 15) is 0 Å². The summed E-state index contributed by atoms with van der Waals surface area (Å²) in [6, 6.07) is 6.37. The Kier molecular flexibility index (Phi) is 7.88. The summed E-state index contributed by atoms with van der Waals surface area (Å²) in [5, 5.41) is 11.3. The molecule has 0 amide bonds. The van der Waals surface area contributed by atoms with Gasteiger partial charge in [0.25, 0.3) is 0 Å². The number of fused-ring (bicyclic) bond motifs is 1. The van der Waals surface area contributed by atoms with E-state index in [1.807, 2.05) is 0 Å². The van der Waals surface area contributed by atoms with E-state index in [1.165, 1.54) is 22.0 Å². The van der Waals surface area contributed by atoms with Crippen LogP contribution in [0.4, 0.5) is 0 Å². The monoisotopic (exact) mass is 511 g/mol. The quantitative estimate of drug-likeness (QED) is 0.263. The van der Waals surface area contributed by atoms with Crippen molar-refractivity contribution in [3.05, 3.63) is 51.6 Å². The Morgan fingerprint density at radius 1 is 1.25 bits per heavy atom. The fraction of sp³-hybridized carbons (Fsp3) is 0.429. The van der Waals surface area contributed by atoms with Crippen molar-refractivity contribution in [1.29, 1.82) is 0 Å². The standard InChI is InChI=1S/C21H29N5S.HI/c1-14-7-6-8-16-19(14)15(11-24-16)9-10-23-20(22-5)25-12-18-26-17(13-27-18)21(2,3)4;/h6-8,11,13,24H,9-10,12H2,1-5H3,(H2,22,23,25);1H. The van der Waals surface area contributed by atoms with Gasteiger partial charge in [0.05, 0.1) is 12.2 Å². The van der Waals surface area contributed by atoms with Gasteiger partial charge in [-0.15, -0.1) is 35.3 Å². The molecule has 0 aliphatic rings. The highest BCUT2D eigenvalue weighted by atomic mass is 127. The molecule has 0 unspecified atom stereocenters. The van der Waals surface area contributed by atoms with Crippen molar-refractivity contribution in [1.82, 2.24) is 20.6 Å². The van der Waals surface area contributed by atoms with Crippen molar-refractivity contribution in [3.8, 4) is 0 Å². The summed E-state index contributed by atoms with van der Waals surface area (Å²) < 4.78 is 0. The molecule has 0 aliphatic heterocycles. The fourth-order valence-corrected chi connectivity index (χ4v) is 4.04. The third-order valence-corrected chi connectivity index (χ3v) is 5.48. The van der Waals surface area contributed by atoms with E-state index in [2.05, 4.69) is 78.1 Å². The first-order valence-electron chi connectivity index (χ1n) is 9.33. The van der Waals surface area contributed by atoms with Gasteiger partial charge in [-0.05, 0) is 30.5 Å². The molecule has 0 atom stereocenters. The third kappa shape index (κ3) is 5.47.